The SMILES string of the molecule is CCOc1ccc(Br)cc1/C=N\NC(=O)c1ccc(-c2csc(Nc3ccccc3)n2)cc1. The number of para-hydroxylation sites is 1. The summed E-state index contributed by atoms with van der Waals surface area (Å²) in [6.45, 7) is 2.46. The van der Waals surface area contributed by atoms with Crippen molar-refractivity contribution in [1.29, 1.82) is 0 Å². The van der Waals surface area contributed by atoms with Gasteiger partial charge < -0.3 is 10.1 Å². The molecule has 0 aliphatic carbocycles. The Bertz CT molecular complexity index is 1260. The summed E-state index contributed by atoms with van der Waals surface area (Å²) in [5.74, 6) is 0.405. The fourth-order valence-corrected chi connectivity index (χ4v) is 4.15. The molecular weight excluding hydrogens is 500 g/mol. The van der Waals surface area contributed by atoms with Crippen LogP contribution in [0.1, 0.15) is 22.8 Å². The lowest BCUT2D eigenvalue weighted by atomic mass is 10.1. The number of rotatable bonds is 8. The molecule has 166 valence electrons. The number of halogens is 1. The summed E-state index contributed by atoms with van der Waals surface area (Å²) in [6.07, 6.45) is 1.57. The van der Waals surface area contributed by atoms with E-state index in [2.05, 4.69) is 36.8 Å². The van der Waals surface area contributed by atoms with Gasteiger partial charge in [0.25, 0.3) is 5.91 Å². The van der Waals surface area contributed by atoms with Gasteiger partial charge in [0.2, 0.25) is 0 Å². The predicted octanol–water partition coefficient (Wildman–Crippen LogP) is 6.48. The van der Waals surface area contributed by atoms with Crippen LogP contribution in [0.15, 0.2) is 87.8 Å². The molecule has 0 spiro atoms. The summed E-state index contributed by atoms with van der Waals surface area (Å²) in [5, 5.41) is 10.2. The maximum atomic E-state index is 12.5. The number of hydrogen-bond acceptors (Lipinski definition) is 6. The van der Waals surface area contributed by atoms with Gasteiger partial charge in [0.05, 0.1) is 18.5 Å². The Kier molecular flexibility index (Phi) is 7.49. The van der Waals surface area contributed by atoms with Crippen LogP contribution in [-0.2, 0) is 0 Å². The Labute approximate surface area is 204 Å². The summed E-state index contributed by atoms with van der Waals surface area (Å²) >= 11 is 4.97. The Balaban J connectivity index is 1.39. The Morgan fingerprint density at radius 3 is 2.67 bits per heavy atom. The smallest absolute Gasteiger partial charge is 0.271 e. The van der Waals surface area contributed by atoms with Gasteiger partial charge in [-0.25, -0.2) is 10.4 Å². The Morgan fingerprint density at radius 1 is 1.12 bits per heavy atom. The van der Waals surface area contributed by atoms with Gasteiger partial charge in [-0.3, -0.25) is 4.79 Å². The van der Waals surface area contributed by atoms with Gasteiger partial charge in [0, 0.05) is 32.2 Å². The van der Waals surface area contributed by atoms with Gasteiger partial charge in [-0.05, 0) is 49.4 Å². The first-order valence-electron chi connectivity index (χ1n) is 10.3. The van der Waals surface area contributed by atoms with Crippen LogP contribution in [0.25, 0.3) is 11.3 Å². The molecule has 1 aromatic heterocycles. The summed E-state index contributed by atoms with van der Waals surface area (Å²) in [5.41, 5.74) is 6.61. The summed E-state index contributed by atoms with van der Waals surface area (Å²) in [4.78, 5) is 17.1. The van der Waals surface area contributed by atoms with Crippen molar-refractivity contribution in [2.24, 2.45) is 5.10 Å². The normalized spacial score (nSPS) is 10.8. The van der Waals surface area contributed by atoms with Gasteiger partial charge in [0.1, 0.15) is 5.75 Å². The second-order valence-electron chi connectivity index (χ2n) is 6.92. The standard InChI is InChI=1S/C25H21BrN4O2S/c1-2-32-23-13-12-20(26)14-19(23)15-27-30-24(31)18-10-8-17(9-11-18)22-16-33-25(29-22)28-21-6-4-3-5-7-21/h3-16H,2H2,1H3,(H,28,29)(H,30,31)/b27-15-. The van der Waals surface area contributed by atoms with E-state index in [-0.39, 0.29) is 5.91 Å². The summed E-state index contributed by atoms with van der Waals surface area (Å²) in [7, 11) is 0. The highest BCUT2D eigenvalue weighted by atomic mass is 79.9. The molecule has 33 heavy (non-hydrogen) atoms. The Hall–Kier alpha value is -3.49. The number of carbonyl (C=O) groups is 1. The maximum absolute atomic E-state index is 12.5. The molecule has 3 aromatic carbocycles. The first-order valence-corrected chi connectivity index (χ1v) is 11.9. The minimum absolute atomic E-state index is 0.296. The molecule has 4 rings (SSSR count). The van der Waals surface area contributed by atoms with Gasteiger partial charge in [-0.15, -0.1) is 11.3 Å². The lowest BCUT2D eigenvalue weighted by Gasteiger charge is -2.07. The highest BCUT2D eigenvalue weighted by Crippen LogP contribution is 2.27. The second-order valence-corrected chi connectivity index (χ2v) is 8.69. The van der Waals surface area contributed by atoms with E-state index in [1.807, 2.05) is 73.0 Å². The molecule has 4 aromatic rings. The number of hydrazone groups is 1. The van der Waals surface area contributed by atoms with E-state index in [4.69, 9.17) is 4.74 Å². The number of carbonyl (C=O) groups excluding carboxylic acids is 1. The maximum Gasteiger partial charge on any atom is 0.271 e. The number of nitrogens with one attached hydrogen (secondary N) is 2. The molecule has 0 saturated heterocycles. The zero-order valence-corrected chi connectivity index (χ0v) is 20.2. The van der Waals surface area contributed by atoms with Crippen LogP contribution in [0.2, 0.25) is 0 Å². The number of amides is 1. The van der Waals surface area contributed by atoms with E-state index >= 15 is 0 Å². The fourth-order valence-electron chi connectivity index (χ4n) is 3.03. The minimum atomic E-state index is -0.296. The van der Waals surface area contributed by atoms with E-state index in [9.17, 15) is 4.79 Å². The van der Waals surface area contributed by atoms with Crippen molar-refractivity contribution in [2.75, 3.05) is 11.9 Å². The molecule has 6 nitrogen and oxygen atoms in total. The van der Waals surface area contributed by atoms with Gasteiger partial charge in [-0.2, -0.15) is 5.10 Å². The van der Waals surface area contributed by atoms with Crippen molar-refractivity contribution in [3.05, 3.63) is 93.8 Å². The molecule has 0 radical (unpaired) electrons. The highest BCUT2D eigenvalue weighted by molar-refractivity contribution is 9.10. The van der Waals surface area contributed by atoms with E-state index in [0.717, 1.165) is 32.1 Å². The topological polar surface area (TPSA) is 75.6 Å². The van der Waals surface area contributed by atoms with E-state index in [1.165, 1.54) is 11.3 Å². The molecule has 2 N–H and O–H groups in total. The number of benzene rings is 3. The predicted molar refractivity (Wildman–Crippen MR) is 138 cm³/mol. The third-order valence-electron chi connectivity index (χ3n) is 4.61. The van der Waals surface area contributed by atoms with Crippen molar-refractivity contribution >= 4 is 50.2 Å². The lowest BCUT2D eigenvalue weighted by molar-refractivity contribution is 0.0955. The van der Waals surface area contributed by atoms with E-state index in [0.29, 0.717) is 17.9 Å². The number of aromatic nitrogens is 1. The van der Waals surface area contributed by atoms with Gasteiger partial charge in [0.15, 0.2) is 5.13 Å². The highest BCUT2D eigenvalue weighted by Gasteiger charge is 2.08. The first kappa shape index (κ1) is 22.7. The van der Waals surface area contributed by atoms with Crippen LogP contribution < -0.4 is 15.5 Å². The van der Waals surface area contributed by atoms with E-state index in [1.54, 1.807) is 18.3 Å². The number of thiazole rings is 1. The molecule has 0 bridgehead atoms. The summed E-state index contributed by atoms with van der Waals surface area (Å²) in [6, 6.07) is 22.8. The molecule has 1 heterocycles. The van der Waals surface area contributed by atoms with Crippen LogP contribution in [0.3, 0.4) is 0 Å². The zero-order valence-electron chi connectivity index (χ0n) is 17.8. The van der Waals surface area contributed by atoms with Crippen molar-refractivity contribution in [1.82, 2.24) is 10.4 Å². The van der Waals surface area contributed by atoms with Crippen LogP contribution in [0, 0.1) is 0 Å². The largest absolute Gasteiger partial charge is 0.493 e. The molecule has 0 atom stereocenters. The Morgan fingerprint density at radius 2 is 1.91 bits per heavy atom. The van der Waals surface area contributed by atoms with Crippen molar-refractivity contribution in [3.63, 3.8) is 0 Å². The average Bonchev–Trinajstić information content (AvgIpc) is 3.30. The third kappa shape index (κ3) is 6.06. The number of anilines is 2. The first-order chi connectivity index (χ1) is 16.1. The monoisotopic (exact) mass is 520 g/mol. The van der Waals surface area contributed by atoms with Crippen LogP contribution >= 0.6 is 27.3 Å². The lowest BCUT2D eigenvalue weighted by Crippen LogP contribution is -2.17. The van der Waals surface area contributed by atoms with Gasteiger partial charge >= 0.3 is 0 Å². The molecule has 0 aliphatic heterocycles. The quantitative estimate of drug-likeness (QED) is 0.206. The fraction of sp³-hybridized carbons (Fsp3) is 0.0800. The molecule has 0 aliphatic rings. The van der Waals surface area contributed by atoms with E-state index < -0.39 is 0 Å². The third-order valence-corrected chi connectivity index (χ3v) is 5.86. The van der Waals surface area contributed by atoms with Crippen LogP contribution in [-0.4, -0.2) is 23.7 Å². The molecule has 1 amide bonds. The van der Waals surface area contributed by atoms with Crippen molar-refractivity contribution in [3.8, 4) is 17.0 Å². The number of hydrogen-bond donors (Lipinski definition) is 2. The van der Waals surface area contributed by atoms with Gasteiger partial charge in [-0.1, -0.05) is 46.3 Å². The second kappa shape index (κ2) is 10.9. The van der Waals surface area contributed by atoms with Crippen LogP contribution in [0.4, 0.5) is 10.8 Å². The molecule has 8 heteroatoms. The van der Waals surface area contributed by atoms with Crippen LogP contribution in [0.5, 0.6) is 5.75 Å². The molecule has 0 fully saturated rings. The number of ether oxygens (including phenoxy) is 1. The molecular formula is C25H21BrN4O2S. The van der Waals surface area contributed by atoms with Crippen molar-refractivity contribution < 1.29 is 9.53 Å². The average molecular weight is 521 g/mol. The molecule has 0 unspecified atom stereocenters. The minimum Gasteiger partial charge on any atom is -0.493 e. The van der Waals surface area contributed by atoms with Crippen molar-refractivity contribution in [2.45, 2.75) is 6.92 Å². The number of nitrogens with zero attached hydrogens (tertiary/aromatic N) is 2. The zero-order chi connectivity index (χ0) is 23.0. The molecule has 0 saturated carbocycles. The summed E-state index contributed by atoms with van der Waals surface area (Å²) < 4.78 is 6.49.